The number of rotatable bonds is 5. The Morgan fingerprint density at radius 1 is 1.52 bits per heavy atom. The Hall–Kier alpha value is -1.64. The van der Waals surface area contributed by atoms with Crippen LogP contribution in [-0.2, 0) is 14.8 Å². The molecule has 1 atom stereocenters. The summed E-state index contributed by atoms with van der Waals surface area (Å²) in [5.74, 6) is 0.520. The molecule has 8 heteroatoms. The van der Waals surface area contributed by atoms with Crippen LogP contribution in [0.25, 0.3) is 0 Å². The van der Waals surface area contributed by atoms with Crippen LogP contribution in [0.3, 0.4) is 0 Å². The number of hydrogen-bond acceptors (Lipinski definition) is 5. The first-order valence-corrected chi connectivity index (χ1v) is 8.16. The Balaban J connectivity index is 2.15. The predicted octanol–water partition coefficient (Wildman–Crippen LogP) is 0.281. The van der Waals surface area contributed by atoms with Gasteiger partial charge in [0.15, 0.2) is 0 Å². The zero-order valence-electron chi connectivity index (χ0n) is 11.8. The monoisotopic (exact) mass is 313 g/mol. The van der Waals surface area contributed by atoms with Gasteiger partial charge in [-0.15, -0.1) is 0 Å². The lowest BCUT2D eigenvalue weighted by Crippen LogP contribution is -2.19. The van der Waals surface area contributed by atoms with Gasteiger partial charge in [-0.05, 0) is 43.6 Å². The first-order valence-electron chi connectivity index (χ1n) is 6.61. The molecule has 1 aromatic carbocycles. The van der Waals surface area contributed by atoms with E-state index in [1.54, 1.807) is 0 Å². The topological polar surface area (TPSA) is 111 Å². The standard InChI is InChI=1S/C13H19N3O4S/c1-20-12-3-2-10(21(14,18)19)7-11(12)16-13(17)6-9-4-5-15-8-9/h2-3,7,9,15H,4-6,8H2,1H3,(H,16,17)(H2,14,18,19). The van der Waals surface area contributed by atoms with Crippen LogP contribution in [0.15, 0.2) is 23.1 Å². The third-order valence-corrected chi connectivity index (χ3v) is 4.32. The molecule has 1 aliphatic rings. The number of sulfonamides is 1. The number of primary sulfonamides is 1. The average molecular weight is 313 g/mol. The van der Waals surface area contributed by atoms with Crippen LogP contribution in [0.1, 0.15) is 12.8 Å². The first kappa shape index (κ1) is 15.7. The van der Waals surface area contributed by atoms with Gasteiger partial charge in [-0.1, -0.05) is 0 Å². The van der Waals surface area contributed by atoms with E-state index < -0.39 is 10.0 Å². The van der Waals surface area contributed by atoms with Crippen molar-refractivity contribution in [3.63, 3.8) is 0 Å². The van der Waals surface area contributed by atoms with Gasteiger partial charge in [-0.25, -0.2) is 13.6 Å². The summed E-state index contributed by atoms with van der Waals surface area (Å²) in [6, 6.07) is 4.11. The summed E-state index contributed by atoms with van der Waals surface area (Å²) >= 11 is 0. The molecule has 21 heavy (non-hydrogen) atoms. The molecule has 2 rings (SSSR count). The number of hydrogen-bond donors (Lipinski definition) is 3. The normalized spacial score (nSPS) is 18.5. The SMILES string of the molecule is COc1ccc(S(N)(=O)=O)cc1NC(=O)CC1CCNC1. The summed E-state index contributed by atoms with van der Waals surface area (Å²) in [6.07, 6.45) is 1.34. The highest BCUT2D eigenvalue weighted by molar-refractivity contribution is 7.89. The maximum absolute atomic E-state index is 12.0. The summed E-state index contributed by atoms with van der Waals surface area (Å²) in [7, 11) is -2.38. The third-order valence-electron chi connectivity index (χ3n) is 3.41. The van der Waals surface area contributed by atoms with Gasteiger partial charge in [0.05, 0.1) is 17.7 Å². The molecule has 1 aromatic rings. The van der Waals surface area contributed by atoms with E-state index in [0.29, 0.717) is 23.8 Å². The highest BCUT2D eigenvalue weighted by Crippen LogP contribution is 2.27. The van der Waals surface area contributed by atoms with E-state index in [1.165, 1.54) is 25.3 Å². The van der Waals surface area contributed by atoms with Crippen molar-refractivity contribution in [2.24, 2.45) is 11.1 Å². The second kappa shape index (κ2) is 6.42. The fourth-order valence-corrected chi connectivity index (χ4v) is 2.85. The number of methoxy groups -OCH3 is 1. The number of nitrogens with one attached hydrogen (secondary N) is 2. The van der Waals surface area contributed by atoms with Crippen LogP contribution in [-0.4, -0.2) is 34.5 Å². The average Bonchev–Trinajstić information content (AvgIpc) is 2.90. The van der Waals surface area contributed by atoms with Gasteiger partial charge in [0.25, 0.3) is 0 Å². The Kier molecular flexibility index (Phi) is 4.81. The van der Waals surface area contributed by atoms with Crippen molar-refractivity contribution in [1.29, 1.82) is 0 Å². The molecule has 0 radical (unpaired) electrons. The molecule has 1 aliphatic heterocycles. The van der Waals surface area contributed by atoms with Crippen LogP contribution in [0.2, 0.25) is 0 Å². The fraction of sp³-hybridized carbons (Fsp3) is 0.462. The Labute approximate surface area is 123 Å². The molecular formula is C13H19N3O4S. The highest BCUT2D eigenvalue weighted by Gasteiger charge is 2.19. The molecule has 0 spiro atoms. The van der Waals surface area contributed by atoms with Crippen molar-refractivity contribution in [2.45, 2.75) is 17.7 Å². The largest absolute Gasteiger partial charge is 0.495 e. The Morgan fingerprint density at radius 2 is 2.29 bits per heavy atom. The summed E-state index contributed by atoms with van der Waals surface area (Å²) in [4.78, 5) is 12.0. The van der Waals surface area contributed by atoms with Gasteiger partial charge in [0.2, 0.25) is 15.9 Å². The molecule has 1 fully saturated rings. The minimum absolute atomic E-state index is 0.0684. The lowest BCUT2D eigenvalue weighted by atomic mass is 10.0. The molecule has 1 amide bonds. The highest BCUT2D eigenvalue weighted by atomic mass is 32.2. The minimum atomic E-state index is -3.83. The summed E-state index contributed by atoms with van der Waals surface area (Å²) in [5, 5.41) is 11.0. The number of amides is 1. The quantitative estimate of drug-likeness (QED) is 0.723. The molecular weight excluding hydrogens is 294 g/mol. The minimum Gasteiger partial charge on any atom is -0.495 e. The van der Waals surface area contributed by atoms with E-state index in [-0.39, 0.29) is 10.8 Å². The lowest BCUT2D eigenvalue weighted by molar-refractivity contribution is -0.117. The number of benzene rings is 1. The number of anilines is 1. The second-order valence-electron chi connectivity index (χ2n) is 5.02. The molecule has 116 valence electrons. The molecule has 0 bridgehead atoms. The number of nitrogens with two attached hydrogens (primary N) is 1. The zero-order chi connectivity index (χ0) is 15.5. The van der Waals surface area contributed by atoms with E-state index >= 15 is 0 Å². The Bertz CT molecular complexity index is 624. The van der Waals surface area contributed by atoms with Crippen molar-refractivity contribution >= 4 is 21.6 Å². The van der Waals surface area contributed by atoms with Gasteiger partial charge < -0.3 is 15.4 Å². The summed E-state index contributed by atoms with van der Waals surface area (Å²) in [5.41, 5.74) is 0.306. The molecule has 0 saturated carbocycles. The van der Waals surface area contributed by atoms with Crippen LogP contribution in [0.5, 0.6) is 5.75 Å². The van der Waals surface area contributed by atoms with Crippen LogP contribution in [0.4, 0.5) is 5.69 Å². The van der Waals surface area contributed by atoms with Gasteiger partial charge in [-0.3, -0.25) is 4.79 Å². The van der Waals surface area contributed by atoms with Crippen molar-refractivity contribution in [3.05, 3.63) is 18.2 Å². The molecule has 4 N–H and O–H groups in total. The smallest absolute Gasteiger partial charge is 0.238 e. The summed E-state index contributed by atoms with van der Waals surface area (Å²) in [6.45, 7) is 1.74. The second-order valence-corrected chi connectivity index (χ2v) is 6.58. The third kappa shape index (κ3) is 4.16. The van der Waals surface area contributed by atoms with Gasteiger partial charge in [0, 0.05) is 6.42 Å². The van der Waals surface area contributed by atoms with Gasteiger partial charge in [0.1, 0.15) is 5.75 Å². The molecule has 0 aliphatic carbocycles. The lowest BCUT2D eigenvalue weighted by Gasteiger charge is -2.13. The zero-order valence-corrected chi connectivity index (χ0v) is 12.6. The maximum Gasteiger partial charge on any atom is 0.238 e. The molecule has 1 unspecified atom stereocenters. The van der Waals surface area contributed by atoms with Crippen molar-refractivity contribution < 1.29 is 17.9 Å². The fourth-order valence-electron chi connectivity index (χ4n) is 2.31. The van der Waals surface area contributed by atoms with E-state index in [9.17, 15) is 13.2 Å². The molecule has 0 aromatic heterocycles. The molecule has 7 nitrogen and oxygen atoms in total. The number of ether oxygens (including phenoxy) is 1. The first-order chi connectivity index (χ1) is 9.90. The predicted molar refractivity (Wildman–Crippen MR) is 78.6 cm³/mol. The van der Waals surface area contributed by atoms with Crippen LogP contribution < -0.4 is 20.5 Å². The van der Waals surface area contributed by atoms with Crippen LogP contribution >= 0.6 is 0 Å². The maximum atomic E-state index is 12.0. The van der Waals surface area contributed by atoms with Crippen LogP contribution in [0, 0.1) is 5.92 Å². The van der Waals surface area contributed by atoms with Crippen molar-refractivity contribution in [2.75, 3.05) is 25.5 Å². The van der Waals surface area contributed by atoms with E-state index in [4.69, 9.17) is 9.88 Å². The van der Waals surface area contributed by atoms with E-state index in [0.717, 1.165) is 19.5 Å². The molecule has 1 saturated heterocycles. The number of carbonyl (C=O) groups is 1. The van der Waals surface area contributed by atoms with Gasteiger partial charge in [-0.2, -0.15) is 0 Å². The summed E-state index contributed by atoms with van der Waals surface area (Å²) < 4.78 is 27.9. The molecule has 1 heterocycles. The van der Waals surface area contributed by atoms with Crippen molar-refractivity contribution in [3.8, 4) is 5.75 Å². The van der Waals surface area contributed by atoms with E-state index in [1.807, 2.05) is 0 Å². The van der Waals surface area contributed by atoms with E-state index in [2.05, 4.69) is 10.6 Å². The number of carbonyl (C=O) groups excluding carboxylic acids is 1. The van der Waals surface area contributed by atoms with Gasteiger partial charge >= 0.3 is 0 Å². The van der Waals surface area contributed by atoms with Crippen molar-refractivity contribution in [1.82, 2.24) is 5.32 Å². The Morgan fingerprint density at radius 3 is 2.86 bits per heavy atom.